The zero-order valence-electron chi connectivity index (χ0n) is 13.7. The number of amides is 2. The van der Waals surface area contributed by atoms with Crippen LogP contribution < -0.4 is 20.3 Å². The summed E-state index contributed by atoms with van der Waals surface area (Å²) in [4.78, 5) is 18.7. The van der Waals surface area contributed by atoms with Crippen LogP contribution in [0.25, 0.3) is 0 Å². The first-order valence-electron chi connectivity index (χ1n) is 8.06. The van der Waals surface area contributed by atoms with E-state index in [0.29, 0.717) is 6.54 Å². The molecular weight excluding hydrogens is 324 g/mol. The van der Waals surface area contributed by atoms with Crippen LogP contribution in [0.3, 0.4) is 0 Å². The van der Waals surface area contributed by atoms with Crippen molar-refractivity contribution in [2.45, 2.75) is 25.4 Å². The van der Waals surface area contributed by atoms with E-state index in [2.05, 4.69) is 20.5 Å². The predicted molar refractivity (Wildman–Crippen MR) is 95.7 cm³/mol. The second kappa shape index (κ2) is 8.01. The number of ether oxygens (including phenoxy) is 1. The van der Waals surface area contributed by atoms with Crippen LogP contribution in [0.1, 0.15) is 18.4 Å². The number of nitrogens with zero attached hydrogens (tertiary/aromatic N) is 2. The second-order valence-electron chi connectivity index (χ2n) is 5.75. The zero-order valence-corrected chi connectivity index (χ0v) is 14.5. The maximum absolute atomic E-state index is 12.0. The van der Waals surface area contributed by atoms with E-state index in [4.69, 9.17) is 4.74 Å². The Hall–Kier alpha value is -2.28. The molecule has 24 heavy (non-hydrogen) atoms. The van der Waals surface area contributed by atoms with E-state index in [1.54, 1.807) is 18.4 Å². The van der Waals surface area contributed by atoms with Gasteiger partial charge in [-0.1, -0.05) is 12.1 Å². The minimum atomic E-state index is -0.112. The molecule has 2 aromatic rings. The zero-order chi connectivity index (χ0) is 16.8. The fourth-order valence-corrected chi connectivity index (χ4v) is 3.45. The number of rotatable bonds is 5. The molecule has 0 bridgehead atoms. The Morgan fingerprint density at radius 1 is 1.33 bits per heavy atom. The number of anilines is 1. The maximum atomic E-state index is 12.0. The largest absolute Gasteiger partial charge is 0.497 e. The molecule has 1 aliphatic rings. The van der Waals surface area contributed by atoms with Crippen molar-refractivity contribution >= 4 is 22.5 Å². The van der Waals surface area contributed by atoms with Crippen LogP contribution in [0.4, 0.5) is 9.93 Å². The molecule has 0 saturated carbocycles. The monoisotopic (exact) mass is 346 g/mol. The summed E-state index contributed by atoms with van der Waals surface area (Å²) in [6.45, 7) is 2.36. The van der Waals surface area contributed by atoms with Gasteiger partial charge in [0.25, 0.3) is 0 Å². The van der Waals surface area contributed by atoms with E-state index in [0.717, 1.165) is 42.4 Å². The molecule has 6 nitrogen and oxygen atoms in total. The average Bonchev–Trinajstić information content (AvgIpc) is 3.16. The lowest BCUT2D eigenvalue weighted by Crippen LogP contribution is -2.47. The van der Waals surface area contributed by atoms with Gasteiger partial charge in [-0.05, 0) is 30.5 Å². The molecule has 2 amide bonds. The average molecular weight is 346 g/mol. The number of carbonyl (C=O) groups is 1. The normalized spacial score (nSPS) is 15.1. The molecule has 0 unspecified atom stereocenters. The highest BCUT2D eigenvalue weighted by Crippen LogP contribution is 2.21. The number of benzene rings is 1. The molecule has 7 heteroatoms. The maximum Gasteiger partial charge on any atom is 0.315 e. The van der Waals surface area contributed by atoms with Crippen molar-refractivity contribution in [2.75, 3.05) is 25.1 Å². The topological polar surface area (TPSA) is 66.5 Å². The van der Waals surface area contributed by atoms with Crippen molar-refractivity contribution in [3.05, 3.63) is 41.4 Å². The number of methoxy groups -OCH3 is 1. The molecule has 1 saturated heterocycles. The Morgan fingerprint density at radius 2 is 2.08 bits per heavy atom. The van der Waals surface area contributed by atoms with Gasteiger partial charge in [-0.2, -0.15) is 0 Å². The Morgan fingerprint density at radius 3 is 2.71 bits per heavy atom. The van der Waals surface area contributed by atoms with Gasteiger partial charge in [-0.3, -0.25) is 0 Å². The van der Waals surface area contributed by atoms with Crippen LogP contribution in [-0.4, -0.2) is 37.3 Å². The number of aromatic nitrogens is 1. The van der Waals surface area contributed by atoms with Gasteiger partial charge in [0.05, 0.1) is 7.11 Å². The lowest BCUT2D eigenvalue weighted by Gasteiger charge is -2.32. The van der Waals surface area contributed by atoms with Crippen LogP contribution in [0.5, 0.6) is 5.75 Å². The predicted octanol–water partition coefficient (Wildman–Crippen LogP) is 2.62. The van der Waals surface area contributed by atoms with Gasteiger partial charge in [0.1, 0.15) is 5.75 Å². The molecule has 2 N–H and O–H groups in total. The van der Waals surface area contributed by atoms with Crippen molar-refractivity contribution in [1.82, 2.24) is 15.6 Å². The molecule has 3 rings (SSSR count). The molecule has 0 atom stereocenters. The van der Waals surface area contributed by atoms with Gasteiger partial charge in [0, 0.05) is 37.3 Å². The summed E-state index contributed by atoms with van der Waals surface area (Å²) in [7, 11) is 1.64. The van der Waals surface area contributed by atoms with Crippen molar-refractivity contribution < 1.29 is 9.53 Å². The minimum absolute atomic E-state index is 0.112. The van der Waals surface area contributed by atoms with Crippen LogP contribution >= 0.6 is 11.3 Å². The summed E-state index contributed by atoms with van der Waals surface area (Å²) in [5.41, 5.74) is 1.05. The van der Waals surface area contributed by atoms with Gasteiger partial charge < -0.3 is 20.3 Å². The smallest absolute Gasteiger partial charge is 0.315 e. The van der Waals surface area contributed by atoms with Crippen LogP contribution in [0.2, 0.25) is 0 Å². The molecule has 1 aromatic carbocycles. The highest BCUT2D eigenvalue weighted by atomic mass is 32.1. The summed E-state index contributed by atoms with van der Waals surface area (Å²) < 4.78 is 5.12. The first-order valence-corrected chi connectivity index (χ1v) is 8.94. The lowest BCUT2D eigenvalue weighted by atomic mass is 10.1. The number of thiazole rings is 1. The molecule has 1 aliphatic heterocycles. The number of hydrogen-bond donors (Lipinski definition) is 2. The molecule has 2 heterocycles. The van der Waals surface area contributed by atoms with E-state index >= 15 is 0 Å². The third-order valence-corrected chi connectivity index (χ3v) is 4.96. The van der Waals surface area contributed by atoms with Crippen LogP contribution in [0, 0.1) is 0 Å². The van der Waals surface area contributed by atoms with E-state index in [1.807, 2.05) is 35.8 Å². The lowest BCUT2D eigenvalue weighted by molar-refractivity contribution is 0.234. The van der Waals surface area contributed by atoms with Crippen LogP contribution in [0.15, 0.2) is 35.8 Å². The third-order valence-electron chi connectivity index (χ3n) is 4.13. The molecule has 128 valence electrons. The standard InChI is InChI=1S/C17H22N4O2S/c1-23-15-4-2-13(3-5-15)12-19-16(22)20-14-6-9-21(10-7-14)17-18-8-11-24-17/h2-5,8,11,14H,6-7,9-10,12H2,1H3,(H2,19,20,22). The number of carbonyl (C=O) groups excluding carboxylic acids is 1. The van der Waals surface area contributed by atoms with Crippen molar-refractivity contribution in [2.24, 2.45) is 0 Å². The van der Waals surface area contributed by atoms with E-state index in [-0.39, 0.29) is 12.1 Å². The van der Waals surface area contributed by atoms with Gasteiger partial charge >= 0.3 is 6.03 Å². The summed E-state index contributed by atoms with van der Waals surface area (Å²) in [5, 5.41) is 9.03. The van der Waals surface area contributed by atoms with Crippen molar-refractivity contribution in [3.63, 3.8) is 0 Å². The van der Waals surface area contributed by atoms with E-state index in [1.165, 1.54) is 0 Å². The molecule has 1 aromatic heterocycles. The first-order chi connectivity index (χ1) is 11.7. The van der Waals surface area contributed by atoms with Crippen molar-refractivity contribution in [1.29, 1.82) is 0 Å². The Balaban J connectivity index is 1.39. The highest BCUT2D eigenvalue weighted by Gasteiger charge is 2.21. The van der Waals surface area contributed by atoms with Crippen LogP contribution in [-0.2, 0) is 6.54 Å². The summed E-state index contributed by atoms with van der Waals surface area (Å²) in [6.07, 6.45) is 3.71. The summed E-state index contributed by atoms with van der Waals surface area (Å²) in [6, 6.07) is 7.79. The molecule has 0 spiro atoms. The number of nitrogens with one attached hydrogen (secondary N) is 2. The van der Waals surface area contributed by atoms with Gasteiger partial charge in [-0.25, -0.2) is 9.78 Å². The number of urea groups is 1. The summed E-state index contributed by atoms with van der Waals surface area (Å²) in [5.74, 6) is 0.815. The highest BCUT2D eigenvalue weighted by molar-refractivity contribution is 7.13. The minimum Gasteiger partial charge on any atom is -0.497 e. The quantitative estimate of drug-likeness (QED) is 0.873. The van der Waals surface area contributed by atoms with E-state index < -0.39 is 0 Å². The molecule has 0 radical (unpaired) electrons. The van der Waals surface area contributed by atoms with Crippen molar-refractivity contribution in [3.8, 4) is 5.75 Å². The first kappa shape index (κ1) is 16.6. The van der Waals surface area contributed by atoms with E-state index in [9.17, 15) is 4.79 Å². The molecular formula is C17H22N4O2S. The van der Waals surface area contributed by atoms with Gasteiger partial charge in [0.2, 0.25) is 0 Å². The Bertz CT molecular complexity index is 637. The van der Waals surface area contributed by atoms with Gasteiger partial charge in [0.15, 0.2) is 5.13 Å². The third kappa shape index (κ3) is 4.38. The molecule has 0 aliphatic carbocycles. The number of hydrogen-bond acceptors (Lipinski definition) is 5. The fourth-order valence-electron chi connectivity index (χ4n) is 2.75. The second-order valence-corrected chi connectivity index (χ2v) is 6.62. The Kier molecular flexibility index (Phi) is 5.53. The number of piperidine rings is 1. The molecule has 1 fully saturated rings. The fraction of sp³-hybridized carbons (Fsp3) is 0.412. The Labute approximate surface area is 145 Å². The summed E-state index contributed by atoms with van der Waals surface area (Å²) >= 11 is 1.66. The SMILES string of the molecule is COc1ccc(CNC(=O)NC2CCN(c3nccs3)CC2)cc1. The van der Waals surface area contributed by atoms with Gasteiger partial charge in [-0.15, -0.1) is 11.3 Å².